The molecule has 2 N–H and O–H groups in total. The summed E-state index contributed by atoms with van der Waals surface area (Å²) in [6.07, 6.45) is -4.99. The summed E-state index contributed by atoms with van der Waals surface area (Å²) >= 11 is 0. The largest absolute Gasteiger partial charge is 0.457 e. The van der Waals surface area contributed by atoms with E-state index in [0.717, 1.165) is 17.7 Å². The predicted octanol–water partition coefficient (Wildman–Crippen LogP) is 6.59. The first-order chi connectivity index (χ1) is 19.2. The Hall–Kier alpha value is -4.70. The van der Waals surface area contributed by atoms with Crippen LogP contribution in [0.4, 0.5) is 23.2 Å². The summed E-state index contributed by atoms with van der Waals surface area (Å²) in [4.78, 5) is 26.0. The number of halogens is 4. The fraction of sp³-hybridized carbons (Fsp3) is 0.133. The number of nitrogens with one attached hydrogen (secondary N) is 2. The third-order valence-electron chi connectivity index (χ3n) is 5.65. The maximum absolute atomic E-state index is 13.5. The molecule has 0 bridgehead atoms. The molecule has 4 aromatic rings. The van der Waals surface area contributed by atoms with Crippen molar-refractivity contribution in [2.45, 2.75) is 18.8 Å². The Labute approximate surface area is 227 Å². The number of hydrogen-bond acceptors (Lipinski definition) is 4. The third-order valence-corrected chi connectivity index (χ3v) is 5.65. The quantitative estimate of drug-likeness (QED) is 0.218. The van der Waals surface area contributed by atoms with Crippen LogP contribution in [0.25, 0.3) is 0 Å². The molecule has 2 amide bonds. The Morgan fingerprint density at radius 2 is 1.43 bits per heavy atom. The van der Waals surface area contributed by atoms with Crippen LogP contribution in [0.1, 0.15) is 21.5 Å². The molecule has 4 aromatic carbocycles. The standard InChI is InChI=1S/C30H24F4N2O4/c31-21-11-16-25(26(17-21)30(32,33)34)28(37)36-27(19-39-18-20-7-3-1-4-8-20)29(38)35-22-12-14-24(15-13-22)40-23-9-5-2-6-10-23/h1-17,27H,18-19H2,(H,35,38)(H,36,37). The van der Waals surface area contributed by atoms with Gasteiger partial charge in [-0.25, -0.2) is 4.39 Å². The lowest BCUT2D eigenvalue weighted by atomic mass is 10.1. The fourth-order valence-electron chi connectivity index (χ4n) is 3.70. The first-order valence-electron chi connectivity index (χ1n) is 12.1. The number of carbonyl (C=O) groups is 2. The number of ether oxygens (including phenoxy) is 2. The Bertz CT molecular complexity index is 1430. The highest BCUT2D eigenvalue weighted by Gasteiger charge is 2.36. The molecule has 0 aliphatic rings. The fourth-order valence-corrected chi connectivity index (χ4v) is 3.70. The normalized spacial score (nSPS) is 11.9. The van der Waals surface area contributed by atoms with Crippen LogP contribution in [0.5, 0.6) is 11.5 Å². The number of rotatable bonds is 10. The first kappa shape index (κ1) is 28.3. The van der Waals surface area contributed by atoms with Crippen LogP contribution < -0.4 is 15.4 Å². The maximum atomic E-state index is 13.5. The minimum atomic E-state index is -4.99. The monoisotopic (exact) mass is 552 g/mol. The van der Waals surface area contributed by atoms with Crippen LogP contribution in [0.15, 0.2) is 103 Å². The number of amides is 2. The van der Waals surface area contributed by atoms with Crippen molar-refractivity contribution in [3.63, 3.8) is 0 Å². The average Bonchev–Trinajstić information content (AvgIpc) is 2.94. The number of carbonyl (C=O) groups excluding carboxylic acids is 2. The molecule has 0 radical (unpaired) electrons. The second-order valence-electron chi connectivity index (χ2n) is 8.64. The minimum Gasteiger partial charge on any atom is -0.457 e. The van der Waals surface area contributed by atoms with Crippen molar-refractivity contribution in [1.29, 1.82) is 0 Å². The lowest BCUT2D eigenvalue weighted by molar-refractivity contribution is -0.138. The summed E-state index contributed by atoms with van der Waals surface area (Å²) in [5.74, 6) is -1.95. The van der Waals surface area contributed by atoms with E-state index >= 15 is 0 Å². The van der Waals surface area contributed by atoms with Gasteiger partial charge in [-0.2, -0.15) is 13.2 Å². The molecule has 0 saturated heterocycles. The summed E-state index contributed by atoms with van der Waals surface area (Å²) in [5.41, 5.74) is -1.13. The molecule has 0 fully saturated rings. The van der Waals surface area contributed by atoms with E-state index in [1.165, 1.54) is 0 Å². The molecule has 0 aromatic heterocycles. The molecule has 1 unspecified atom stereocenters. The summed E-state index contributed by atoms with van der Waals surface area (Å²) in [7, 11) is 0. The van der Waals surface area contributed by atoms with E-state index in [1.54, 1.807) is 60.7 Å². The van der Waals surface area contributed by atoms with Gasteiger partial charge in [0.05, 0.1) is 24.3 Å². The van der Waals surface area contributed by atoms with Gasteiger partial charge in [-0.15, -0.1) is 0 Å². The lowest BCUT2D eigenvalue weighted by Gasteiger charge is -2.20. The molecule has 0 saturated carbocycles. The van der Waals surface area contributed by atoms with Gasteiger partial charge in [0.25, 0.3) is 5.91 Å². The van der Waals surface area contributed by atoms with Crippen molar-refractivity contribution < 1.29 is 36.6 Å². The average molecular weight is 553 g/mol. The maximum Gasteiger partial charge on any atom is 0.417 e. The molecular formula is C30H24F4N2O4. The van der Waals surface area contributed by atoms with Gasteiger partial charge in [-0.05, 0) is 60.2 Å². The van der Waals surface area contributed by atoms with Gasteiger partial charge in [0.2, 0.25) is 5.91 Å². The Kier molecular flexibility index (Phi) is 9.13. The molecule has 10 heteroatoms. The van der Waals surface area contributed by atoms with E-state index in [9.17, 15) is 27.2 Å². The molecular weight excluding hydrogens is 528 g/mol. The minimum absolute atomic E-state index is 0.0936. The number of benzene rings is 4. The van der Waals surface area contributed by atoms with Gasteiger partial charge in [0.15, 0.2) is 0 Å². The Morgan fingerprint density at radius 3 is 2.08 bits per heavy atom. The highest BCUT2D eigenvalue weighted by Crippen LogP contribution is 2.32. The Balaban J connectivity index is 1.48. The molecule has 40 heavy (non-hydrogen) atoms. The van der Waals surface area contributed by atoms with Crippen molar-refractivity contribution in [3.8, 4) is 11.5 Å². The van der Waals surface area contributed by atoms with Crippen molar-refractivity contribution in [3.05, 3.63) is 126 Å². The number of anilines is 1. The zero-order valence-electron chi connectivity index (χ0n) is 21.0. The molecule has 0 heterocycles. The van der Waals surface area contributed by atoms with E-state index in [-0.39, 0.29) is 19.3 Å². The summed E-state index contributed by atoms with van der Waals surface area (Å²) < 4.78 is 65.3. The van der Waals surface area contributed by atoms with E-state index in [0.29, 0.717) is 17.2 Å². The van der Waals surface area contributed by atoms with E-state index in [2.05, 4.69) is 10.6 Å². The van der Waals surface area contributed by atoms with E-state index in [1.807, 2.05) is 24.3 Å². The third kappa shape index (κ3) is 7.90. The number of para-hydroxylation sites is 1. The zero-order valence-corrected chi connectivity index (χ0v) is 21.0. The van der Waals surface area contributed by atoms with Crippen LogP contribution >= 0.6 is 0 Å². The van der Waals surface area contributed by atoms with Gasteiger partial charge in [0.1, 0.15) is 23.4 Å². The van der Waals surface area contributed by atoms with Crippen molar-refractivity contribution in [2.75, 3.05) is 11.9 Å². The van der Waals surface area contributed by atoms with Gasteiger partial charge in [-0.1, -0.05) is 48.5 Å². The van der Waals surface area contributed by atoms with Crippen LogP contribution in [0, 0.1) is 5.82 Å². The highest BCUT2D eigenvalue weighted by molar-refractivity contribution is 6.02. The molecule has 1 atom stereocenters. The van der Waals surface area contributed by atoms with Crippen LogP contribution in [0.3, 0.4) is 0 Å². The summed E-state index contributed by atoms with van der Waals surface area (Å²) in [6.45, 7) is -0.249. The Morgan fingerprint density at radius 1 is 0.800 bits per heavy atom. The molecule has 0 spiro atoms. The van der Waals surface area contributed by atoms with Gasteiger partial charge >= 0.3 is 6.18 Å². The molecule has 0 aliphatic carbocycles. The number of alkyl halides is 3. The van der Waals surface area contributed by atoms with Crippen LogP contribution in [0.2, 0.25) is 0 Å². The van der Waals surface area contributed by atoms with Crippen LogP contribution in [-0.4, -0.2) is 24.5 Å². The van der Waals surface area contributed by atoms with Crippen molar-refractivity contribution in [2.24, 2.45) is 0 Å². The van der Waals surface area contributed by atoms with Gasteiger partial charge in [0, 0.05) is 5.69 Å². The first-order valence-corrected chi connectivity index (χ1v) is 12.1. The topological polar surface area (TPSA) is 76.7 Å². The second kappa shape index (κ2) is 12.9. The van der Waals surface area contributed by atoms with Gasteiger partial charge < -0.3 is 20.1 Å². The second-order valence-corrected chi connectivity index (χ2v) is 8.64. The van der Waals surface area contributed by atoms with Crippen LogP contribution in [-0.2, 0) is 22.3 Å². The summed E-state index contributed by atoms with van der Waals surface area (Å²) in [6, 6.07) is 24.8. The summed E-state index contributed by atoms with van der Waals surface area (Å²) in [5, 5.41) is 4.91. The van der Waals surface area contributed by atoms with Crippen molar-refractivity contribution in [1.82, 2.24) is 5.32 Å². The van der Waals surface area contributed by atoms with Crippen molar-refractivity contribution >= 4 is 17.5 Å². The van der Waals surface area contributed by atoms with E-state index in [4.69, 9.17) is 9.47 Å². The molecule has 6 nitrogen and oxygen atoms in total. The highest BCUT2D eigenvalue weighted by atomic mass is 19.4. The molecule has 206 valence electrons. The molecule has 4 rings (SSSR count). The number of hydrogen-bond donors (Lipinski definition) is 2. The zero-order chi connectivity index (χ0) is 28.5. The smallest absolute Gasteiger partial charge is 0.417 e. The van der Waals surface area contributed by atoms with E-state index < -0.39 is 41.0 Å². The SMILES string of the molecule is O=C(NC(COCc1ccccc1)C(=O)Nc1ccc(Oc2ccccc2)cc1)c1ccc(F)cc1C(F)(F)F. The van der Waals surface area contributed by atoms with Gasteiger partial charge in [-0.3, -0.25) is 9.59 Å². The predicted molar refractivity (Wildman–Crippen MR) is 140 cm³/mol. The lowest BCUT2D eigenvalue weighted by Crippen LogP contribution is -2.47. The molecule has 0 aliphatic heterocycles.